The molecule has 3 rings (SSSR count). The number of anilines is 1. The molecule has 0 radical (unpaired) electrons. The number of rotatable bonds is 7. The first kappa shape index (κ1) is 15.7. The molecule has 0 unspecified atom stereocenters. The van der Waals surface area contributed by atoms with E-state index in [1.54, 1.807) is 0 Å². The largest absolute Gasteiger partial charge is 0.478 e. The Morgan fingerprint density at radius 2 is 2.04 bits per heavy atom. The van der Waals surface area contributed by atoms with Gasteiger partial charge in [-0.05, 0) is 51.6 Å². The van der Waals surface area contributed by atoms with E-state index >= 15 is 0 Å². The highest BCUT2D eigenvalue weighted by atomic mass is 16.5. The van der Waals surface area contributed by atoms with Crippen LogP contribution in [0.3, 0.4) is 0 Å². The van der Waals surface area contributed by atoms with E-state index in [0.29, 0.717) is 24.0 Å². The van der Waals surface area contributed by atoms with Crippen molar-refractivity contribution < 1.29 is 9.53 Å². The lowest BCUT2D eigenvalue weighted by Crippen LogP contribution is -2.15. The van der Waals surface area contributed by atoms with Crippen LogP contribution in [0.25, 0.3) is 11.0 Å². The molecule has 0 aromatic carbocycles. The number of amides is 1. The van der Waals surface area contributed by atoms with E-state index in [2.05, 4.69) is 20.2 Å². The Morgan fingerprint density at radius 3 is 2.78 bits per heavy atom. The van der Waals surface area contributed by atoms with Gasteiger partial charge < -0.3 is 15.0 Å². The van der Waals surface area contributed by atoms with Crippen molar-refractivity contribution in [2.24, 2.45) is 5.92 Å². The second-order valence-electron chi connectivity index (χ2n) is 6.16. The van der Waals surface area contributed by atoms with E-state index in [-0.39, 0.29) is 11.8 Å². The third kappa shape index (κ3) is 4.39. The monoisotopic (exact) mass is 314 g/mol. The number of ether oxygens (including phenoxy) is 1. The molecule has 0 bridgehead atoms. The van der Waals surface area contributed by atoms with E-state index in [4.69, 9.17) is 4.74 Å². The quantitative estimate of drug-likeness (QED) is 0.794. The average Bonchev–Trinajstić information content (AvgIpc) is 3.36. The number of aromatic nitrogens is 2. The third-order valence-electron chi connectivity index (χ3n) is 3.73. The van der Waals surface area contributed by atoms with Crippen LogP contribution in [0, 0.1) is 5.92 Å². The molecular formula is C17H22N4O2. The van der Waals surface area contributed by atoms with Crippen LogP contribution in [0.2, 0.25) is 0 Å². The van der Waals surface area contributed by atoms with Crippen LogP contribution in [-0.4, -0.2) is 48.0 Å². The van der Waals surface area contributed by atoms with Gasteiger partial charge in [-0.2, -0.15) is 4.98 Å². The van der Waals surface area contributed by atoms with Gasteiger partial charge in [0.05, 0.1) is 6.61 Å². The molecule has 1 aliphatic carbocycles. The lowest BCUT2D eigenvalue weighted by atomic mass is 10.3. The van der Waals surface area contributed by atoms with Crippen molar-refractivity contribution in [1.82, 2.24) is 14.9 Å². The van der Waals surface area contributed by atoms with E-state index in [1.807, 2.05) is 38.4 Å². The summed E-state index contributed by atoms with van der Waals surface area (Å²) in [4.78, 5) is 22.8. The number of fused-ring (bicyclic) bond motifs is 1. The average molecular weight is 314 g/mol. The molecule has 1 aliphatic rings. The minimum absolute atomic E-state index is 0.0490. The highest BCUT2D eigenvalue weighted by molar-refractivity contribution is 5.94. The van der Waals surface area contributed by atoms with Gasteiger partial charge in [0, 0.05) is 23.9 Å². The lowest BCUT2D eigenvalue weighted by Gasteiger charge is -2.10. The summed E-state index contributed by atoms with van der Waals surface area (Å²) in [5.74, 6) is 1.32. The van der Waals surface area contributed by atoms with Gasteiger partial charge in [-0.15, -0.1) is 0 Å². The van der Waals surface area contributed by atoms with Crippen molar-refractivity contribution in [2.75, 3.05) is 32.6 Å². The van der Waals surface area contributed by atoms with Crippen molar-refractivity contribution in [1.29, 1.82) is 0 Å². The standard InChI is InChI=1S/C17H22N4O2/c1-21(2)10-3-11-23-15-9-7-12-6-8-14(18-16(12)20-15)19-17(22)13-4-5-13/h6-9,13H,3-5,10-11H2,1-2H3,(H,18,19,20,22). The predicted octanol–water partition coefficient (Wildman–Crippen LogP) is 2.31. The van der Waals surface area contributed by atoms with E-state index in [1.165, 1.54) is 0 Å². The summed E-state index contributed by atoms with van der Waals surface area (Å²) < 4.78 is 5.67. The minimum Gasteiger partial charge on any atom is -0.478 e. The summed E-state index contributed by atoms with van der Waals surface area (Å²) in [6, 6.07) is 7.50. The van der Waals surface area contributed by atoms with Gasteiger partial charge in [-0.1, -0.05) is 0 Å². The number of carbonyl (C=O) groups is 1. The Labute approximate surface area is 135 Å². The first-order valence-corrected chi connectivity index (χ1v) is 7.98. The maximum atomic E-state index is 11.8. The Kier molecular flexibility index (Phi) is 4.71. The van der Waals surface area contributed by atoms with Crippen molar-refractivity contribution >= 4 is 22.8 Å². The normalized spacial score (nSPS) is 14.2. The van der Waals surface area contributed by atoms with E-state index in [9.17, 15) is 4.79 Å². The fourth-order valence-electron chi connectivity index (χ4n) is 2.26. The molecule has 2 aromatic heterocycles. The summed E-state index contributed by atoms with van der Waals surface area (Å²) in [5, 5.41) is 3.77. The molecule has 0 saturated heterocycles. The molecule has 2 aromatic rings. The maximum absolute atomic E-state index is 11.8. The Morgan fingerprint density at radius 1 is 1.26 bits per heavy atom. The smallest absolute Gasteiger partial charge is 0.228 e. The molecule has 6 nitrogen and oxygen atoms in total. The van der Waals surface area contributed by atoms with Crippen LogP contribution in [0.4, 0.5) is 5.82 Å². The summed E-state index contributed by atoms with van der Waals surface area (Å²) in [6.45, 7) is 1.60. The van der Waals surface area contributed by atoms with Crippen molar-refractivity contribution in [3.63, 3.8) is 0 Å². The van der Waals surface area contributed by atoms with Gasteiger partial charge in [0.2, 0.25) is 11.8 Å². The first-order valence-electron chi connectivity index (χ1n) is 7.98. The number of hydrogen-bond donors (Lipinski definition) is 1. The maximum Gasteiger partial charge on any atom is 0.228 e. The lowest BCUT2D eigenvalue weighted by molar-refractivity contribution is -0.117. The molecule has 0 atom stereocenters. The third-order valence-corrected chi connectivity index (χ3v) is 3.73. The highest BCUT2D eigenvalue weighted by Gasteiger charge is 2.29. The van der Waals surface area contributed by atoms with Crippen LogP contribution >= 0.6 is 0 Å². The van der Waals surface area contributed by atoms with Crippen LogP contribution in [-0.2, 0) is 4.79 Å². The van der Waals surface area contributed by atoms with Gasteiger partial charge in [-0.25, -0.2) is 4.98 Å². The molecule has 23 heavy (non-hydrogen) atoms. The summed E-state index contributed by atoms with van der Waals surface area (Å²) in [5.41, 5.74) is 0.587. The fourth-order valence-corrected chi connectivity index (χ4v) is 2.26. The molecule has 0 spiro atoms. The Hall–Kier alpha value is -2.21. The molecule has 6 heteroatoms. The Balaban J connectivity index is 1.65. The second-order valence-corrected chi connectivity index (χ2v) is 6.16. The van der Waals surface area contributed by atoms with Gasteiger partial charge in [0.1, 0.15) is 5.82 Å². The van der Waals surface area contributed by atoms with Crippen LogP contribution in [0.1, 0.15) is 19.3 Å². The minimum atomic E-state index is 0.0490. The van der Waals surface area contributed by atoms with Crippen molar-refractivity contribution in [2.45, 2.75) is 19.3 Å². The summed E-state index contributed by atoms with van der Waals surface area (Å²) >= 11 is 0. The Bertz CT molecular complexity index is 698. The van der Waals surface area contributed by atoms with Gasteiger partial charge in [-0.3, -0.25) is 4.79 Å². The molecular weight excluding hydrogens is 292 g/mol. The second kappa shape index (κ2) is 6.91. The molecule has 1 fully saturated rings. The van der Waals surface area contributed by atoms with Gasteiger partial charge in [0.25, 0.3) is 0 Å². The predicted molar refractivity (Wildman–Crippen MR) is 89.6 cm³/mol. The molecule has 1 amide bonds. The SMILES string of the molecule is CN(C)CCCOc1ccc2ccc(NC(=O)C3CC3)nc2n1. The molecule has 122 valence electrons. The van der Waals surface area contributed by atoms with Crippen LogP contribution in [0.15, 0.2) is 24.3 Å². The zero-order chi connectivity index (χ0) is 16.2. The number of nitrogens with zero attached hydrogens (tertiary/aromatic N) is 3. The topological polar surface area (TPSA) is 67.3 Å². The van der Waals surface area contributed by atoms with Crippen LogP contribution in [0.5, 0.6) is 5.88 Å². The number of carbonyl (C=O) groups excluding carboxylic acids is 1. The van der Waals surface area contributed by atoms with E-state index < -0.39 is 0 Å². The zero-order valence-electron chi connectivity index (χ0n) is 13.6. The summed E-state index contributed by atoms with van der Waals surface area (Å²) in [6.07, 6.45) is 2.89. The van der Waals surface area contributed by atoms with Crippen molar-refractivity contribution in [3.8, 4) is 5.88 Å². The van der Waals surface area contributed by atoms with Crippen molar-refractivity contribution in [3.05, 3.63) is 24.3 Å². The van der Waals surface area contributed by atoms with Gasteiger partial charge >= 0.3 is 0 Å². The number of hydrogen-bond acceptors (Lipinski definition) is 5. The molecule has 0 aliphatic heterocycles. The molecule has 2 heterocycles. The number of pyridine rings is 2. The zero-order valence-corrected chi connectivity index (χ0v) is 13.6. The fraction of sp³-hybridized carbons (Fsp3) is 0.471. The highest BCUT2D eigenvalue weighted by Crippen LogP contribution is 2.30. The van der Waals surface area contributed by atoms with E-state index in [0.717, 1.165) is 31.2 Å². The van der Waals surface area contributed by atoms with Gasteiger partial charge in [0.15, 0.2) is 5.65 Å². The number of nitrogens with one attached hydrogen (secondary N) is 1. The first-order chi connectivity index (χ1) is 11.1. The molecule has 1 N–H and O–H groups in total. The molecule has 1 saturated carbocycles. The van der Waals surface area contributed by atoms with Crippen LogP contribution < -0.4 is 10.1 Å². The summed E-state index contributed by atoms with van der Waals surface area (Å²) in [7, 11) is 4.07.